The highest BCUT2D eigenvalue weighted by atomic mass is 16.5. The van der Waals surface area contributed by atoms with Crippen LogP contribution in [0.3, 0.4) is 0 Å². The van der Waals surface area contributed by atoms with Gasteiger partial charge < -0.3 is 19.5 Å². The van der Waals surface area contributed by atoms with E-state index in [1.807, 2.05) is 0 Å². The van der Waals surface area contributed by atoms with Gasteiger partial charge in [0.05, 0.1) is 21.3 Å². The molecule has 1 rings (SSSR count). The Hall–Kier alpha value is -2.12. The lowest BCUT2D eigenvalue weighted by Gasteiger charge is -2.29. The van der Waals surface area contributed by atoms with Crippen LogP contribution in [0.25, 0.3) is 0 Å². The van der Waals surface area contributed by atoms with Gasteiger partial charge >= 0.3 is 17.9 Å². The number of hydrogen-bond acceptors (Lipinski definition) is 7. The zero-order valence-corrected chi connectivity index (χ0v) is 15.2. The number of nitrogens with one attached hydrogen (secondary N) is 1. The van der Waals surface area contributed by atoms with Gasteiger partial charge in [-0.15, -0.1) is 0 Å². The molecule has 0 aliphatic heterocycles. The molecule has 1 amide bonds. The minimum absolute atomic E-state index is 0.178. The van der Waals surface area contributed by atoms with Gasteiger partial charge in [0.1, 0.15) is 6.04 Å². The zero-order chi connectivity index (χ0) is 19.0. The van der Waals surface area contributed by atoms with Gasteiger partial charge in [0, 0.05) is 11.8 Å². The molecule has 142 valence electrons. The smallest absolute Gasteiger partial charge is 0.328 e. The van der Waals surface area contributed by atoms with Crippen molar-refractivity contribution in [2.75, 3.05) is 21.3 Å². The molecular weight excluding hydrogens is 330 g/mol. The molecule has 25 heavy (non-hydrogen) atoms. The molecule has 2 atom stereocenters. The summed E-state index contributed by atoms with van der Waals surface area (Å²) in [5, 5.41) is 2.65. The highest BCUT2D eigenvalue weighted by Crippen LogP contribution is 2.25. The first-order chi connectivity index (χ1) is 11.9. The van der Waals surface area contributed by atoms with E-state index in [-0.39, 0.29) is 11.8 Å². The molecule has 1 saturated carbocycles. The second-order valence-electron chi connectivity index (χ2n) is 6.23. The fourth-order valence-electron chi connectivity index (χ4n) is 3.14. The van der Waals surface area contributed by atoms with Crippen molar-refractivity contribution in [1.29, 1.82) is 0 Å². The lowest BCUT2D eigenvalue weighted by Crippen LogP contribution is -2.52. The summed E-state index contributed by atoms with van der Waals surface area (Å²) < 4.78 is 14.0. The Morgan fingerprint density at radius 3 is 1.76 bits per heavy atom. The molecule has 1 aliphatic carbocycles. The standard InChI is InChI=1S/C17H27NO7/c1-10(12(15(20)23-2)16(21)24-3)13(17(22)25-4)18-14(19)11-8-6-5-7-9-11/h10-13H,5-9H2,1-4H3,(H,18,19)/t10-,13+/m0/s1. The van der Waals surface area contributed by atoms with Gasteiger partial charge in [0.25, 0.3) is 0 Å². The lowest BCUT2D eigenvalue weighted by molar-refractivity contribution is -0.163. The van der Waals surface area contributed by atoms with Crippen molar-refractivity contribution < 1.29 is 33.4 Å². The molecular formula is C17H27NO7. The Morgan fingerprint density at radius 2 is 1.32 bits per heavy atom. The molecule has 0 heterocycles. The van der Waals surface area contributed by atoms with E-state index in [0.29, 0.717) is 0 Å². The molecule has 1 aliphatic rings. The van der Waals surface area contributed by atoms with Gasteiger partial charge in [0.15, 0.2) is 5.92 Å². The van der Waals surface area contributed by atoms with Crippen LogP contribution < -0.4 is 5.32 Å². The van der Waals surface area contributed by atoms with Crippen LogP contribution in [-0.2, 0) is 33.4 Å². The maximum Gasteiger partial charge on any atom is 0.328 e. The van der Waals surface area contributed by atoms with E-state index >= 15 is 0 Å². The van der Waals surface area contributed by atoms with Crippen molar-refractivity contribution in [3.63, 3.8) is 0 Å². The minimum atomic E-state index is -1.34. The summed E-state index contributed by atoms with van der Waals surface area (Å²) in [5.74, 6) is -5.07. The Morgan fingerprint density at radius 1 is 0.840 bits per heavy atom. The second-order valence-corrected chi connectivity index (χ2v) is 6.23. The summed E-state index contributed by atoms with van der Waals surface area (Å²) in [7, 11) is 3.46. The van der Waals surface area contributed by atoms with Gasteiger partial charge in [-0.25, -0.2) is 4.79 Å². The number of hydrogen-bond donors (Lipinski definition) is 1. The number of ether oxygens (including phenoxy) is 3. The summed E-state index contributed by atoms with van der Waals surface area (Å²) in [6, 6.07) is -1.15. The van der Waals surface area contributed by atoms with Crippen LogP contribution in [-0.4, -0.2) is 51.2 Å². The number of carbonyl (C=O) groups excluding carboxylic acids is 4. The number of methoxy groups -OCH3 is 3. The molecule has 8 nitrogen and oxygen atoms in total. The topological polar surface area (TPSA) is 108 Å². The Bertz CT molecular complexity index is 483. The van der Waals surface area contributed by atoms with Crippen LogP contribution in [0.4, 0.5) is 0 Å². The van der Waals surface area contributed by atoms with Crippen molar-refractivity contribution in [2.45, 2.75) is 45.1 Å². The van der Waals surface area contributed by atoms with Crippen LogP contribution >= 0.6 is 0 Å². The van der Waals surface area contributed by atoms with E-state index in [1.54, 1.807) is 0 Å². The molecule has 0 unspecified atom stereocenters. The molecule has 0 saturated heterocycles. The highest BCUT2D eigenvalue weighted by Gasteiger charge is 2.43. The van der Waals surface area contributed by atoms with Gasteiger partial charge in [0.2, 0.25) is 5.91 Å². The monoisotopic (exact) mass is 357 g/mol. The highest BCUT2D eigenvalue weighted by molar-refractivity contribution is 5.96. The number of esters is 3. The van der Waals surface area contributed by atoms with Gasteiger partial charge in [-0.1, -0.05) is 26.2 Å². The molecule has 1 N–H and O–H groups in total. The normalized spacial score (nSPS) is 17.3. The molecule has 0 bridgehead atoms. The molecule has 0 aromatic carbocycles. The average Bonchev–Trinajstić information content (AvgIpc) is 2.65. The Labute approximate surface area is 147 Å². The number of amides is 1. The van der Waals surface area contributed by atoms with E-state index in [2.05, 4.69) is 14.8 Å². The number of rotatable bonds is 7. The van der Waals surface area contributed by atoms with Crippen LogP contribution in [0.5, 0.6) is 0 Å². The van der Waals surface area contributed by atoms with Gasteiger partial charge in [-0.05, 0) is 12.8 Å². The maximum atomic E-state index is 12.5. The number of carbonyl (C=O) groups is 4. The molecule has 0 aromatic rings. The summed E-state index contributed by atoms with van der Waals surface area (Å²) in [6.45, 7) is 1.50. The Balaban J connectivity index is 2.98. The minimum Gasteiger partial charge on any atom is -0.468 e. The zero-order valence-electron chi connectivity index (χ0n) is 15.2. The van der Waals surface area contributed by atoms with Crippen molar-refractivity contribution in [2.24, 2.45) is 17.8 Å². The summed E-state index contributed by atoms with van der Waals surface area (Å²) in [5.41, 5.74) is 0. The predicted octanol–water partition coefficient (Wildman–Crippen LogP) is 0.823. The average molecular weight is 357 g/mol. The maximum absolute atomic E-state index is 12.5. The van der Waals surface area contributed by atoms with Crippen LogP contribution in [0.1, 0.15) is 39.0 Å². The van der Waals surface area contributed by atoms with Gasteiger partial charge in [-0.2, -0.15) is 0 Å². The van der Waals surface area contributed by atoms with Crippen molar-refractivity contribution >= 4 is 23.8 Å². The fourth-order valence-corrected chi connectivity index (χ4v) is 3.14. The summed E-state index contributed by atoms with van der Waals surface area (Å²) in [4.78, 5) is 48.6. The fraction of sp³-hybridized carbons (Fsp3) is 0.765. The van der Waals surface area contributed by atoms with E-state index in [4.69, 9.17) is 4.74 Å². The first kappa shape index (κ1) is 20.9. The first-order valence-electron chi connectivity index (χ1n) is 8.41. The van der Waals surface area contributed by atoms with Crippen molar-refractivity contribution in [3.8, 4) is 0 Å². The van der Waals surface area contributed by atoms with Crippen molar-refractivity contribution in [1.82, 2.24) is 5.32 Å². The van der Waals surface area contributed by atoms with Crippen LogP contribution in [0, 0.1) is 17.8 Å². The SMILES string of the molecule is COC(=O)C(C(=O)OC)[C@H](C)[C@@H](NC(=O)C1CCCCC1)C(=O)OC. The third kappa shape index (κ3) is 5.44. The van der Waals surface area contributed by atoms with Crippen molar-refractivity contribution in [3.05, 3.63) is 0 Å². The largest absolute Gasteiger partial charge is 0.468 e. The summed E-state index contributed by atoms with van der Waals surface area (Å²) in [6.07, 6.45) is 4.53. The van der Waals surface area contributed by atoms with Crippen LogP contribution in [0.15, 0.2) is 0 Å². The predicted molar refractivity (Wildman–Crippen MR) is 87.2 cm³/mol. The van der Waals surface area contributed by atoms with Crippen LogP contribution in [0.2, 0.25) is 0 Å². The van der Waals surface area contributed by atoms with E-state index in [0.717, 1.165) is 46.3 Å². The second kappa shape index (κ2) is 10.0. The third-order valence-electron chi connectivity index (χ3n) is 4.69. The molecule has 0 radical (unpaired) electrons. The first-order valence-corrected chi connectivity index (χ1v) is 8.41. The van der Waals surface area contributed by atoms with E-state index in [1.165, 1.54) is 14.0 Å². The molecule has 8 heteroatoms. The lowest BCUT2D eigenvalue weighted by atomic mass is 9.85. The molecule has 0 spiro atoms. The Kier molecular flexibility index (Phi) is 8.37. The summed E-state index contributed by atoms with van der Waals surface area (Å²) >= 11 is 0. The third-order valence-corrected chi connectivity index (χ3v) is 4.69. The quantitative estimate of drug-likeness (QED) is 0.408. The molecule has 1 fully saturated rings. The van der Waals surface area contributed by atoms with Gasteiger partial charge in [-0.3, -0.25) is 14.4 Å². The van der Waals surface area contributed by atoms with E-state index in [9.17, 15) is 19.2 Å². The van der Waals surface area contributed by atoms with E-state index < -0.39 is 35.8 Å². The molecule has 0 aromatic heterocycles.